The van der Waals surface area contributed by atoms with Crippen molar-refractivity contribution in [3.05, 3.63) is 58.6 Å². The SMILES string of the molecule is CCCCCCNC(=O)OCOc1ccc2ccc(OCCCCN3CCN(c4cccc(Cl)c4Cl)CC3)cc2n1. The molecule has 0 unspecified atom stereocenters. The highest BCUT2D eigenvalue weighted by molar-refractivity contribution is 6.43. The average molecular weight is 604 g/mol. The van der Waals surface area contributed by atoms with E-state index >= 15 is 0 Å². The maximum Gasteiger partial charge on any atom is 0.410 e. The molecule has 10 heteroatoms. The normalized spacial score (nSPS) is 13.8. The second-order valence-corrected chi connectivity index (χ2v) is 10.9. The number of anilines is 1. The van der Waals surface area contributed by atoms with E-state index in [0.717, 1.165) is 87.2 Å². The summed E-state index contributed by atoms with van der Waals surface area (Å²) in [6.45, 7) is 8.11. The first-order valence-electron chi connectivity index (χ1n) is 14.5. The van der Waals surface area contributed by atoms with Gasteiger partial charge >= 0.3 is 6.09 Å². The van der Waals surface area contributed by atoms with Crippen LogP contribution in [-0.2, 0) is 4.74 Å². The van der Waals surface area contributed by atoms with Crippen molar-refractivity contribution in [3.63, 3.8) is 0 Å². The molecule has 8 nitrogen and oxygen atoms in total. The molecule has 41 heavy (non-hydrogen) atoms. The monoisotopic (exact) mass is 602 g/mol. The van der Waals surface area contributed by atoms with Crippen LogP contribution in [0.2, 0.25) is 10.0 Å². The van der Waals surface area contributed by atoms with Gasteiger partial charge in [-0.25, -0.2) is 9.78 Å². The minimum atomic E-state index is -0.484. The van der Waals surface area contributed by atoms with Crippen LogP contribution in [0.1, 0.15) is 45.4 Å². The van der Waals surface area contributed by atoms with Gasteiger partial charge in [-0.2, -0.15) is 0 Å². The van der Waals surface area contributed by atoms with Crippen LogP contribution in [0.4, 0.5) is 10.5 Å². The summed E-state index contributed by atoms with van der Waals surface area (Å²) in [4.78, 5) is 21.1. The van der Waals surface area contributed by atoms with Crippen LogP contribution in [0.15, 0.2) is 48.5 Å². The Morgan fingerprint density at radius 3 is 2.61 bits per heavy atom. The summed E-state index contributed by atoms with van der Waals surface area (Å²) in [6, 6.07) is 15.3. The predicted molar refractivity (Wildman–Crippen MR) is 166 cm³/mol. The third-order valence-corrected chi connectivity index (χ3v) is 7.93. The topological polar surface area (TPSA) is 76.2 Å². The molecule has 1 aromatic heterocycles. The van der Waals surface area contributed by atoms with Gasteiger partial charge in [-0.3, -0.25) is 4.90 Å². The lowest BCUT2D eigenvalue weighted by molar-refractivity contribution is 0.0570. The molecule has 0 spiro atoms. The molecule has 0 radical (unpaired) electrons. The van der Waals surface area contributed by atoms with Crippen molar-refractivity contribution in [1.82, 2.24) is 15.2 Å². The second kappa shape index (κ2) is 16.5. The maximum absolute atomic E-state index is 11.8. The zero-order chi connectivity index (χ0) is 28.9. The predicted octanol–water partition coefficient (Wildman–Crippen LogP) is 7.17. The van der Waals surface area contributed by atoms with Gasteiger partial charge in [0.25, 0.3) is 0 Å². The van der Waals surface area contributed by atoms with Gasteiger partial charge in [0, 0.05) is 50.2 Å². The minimum absolute atomic E-state index is 0.196. The average Bonchev–Trinajstić information content (AvgIpc) is 2.98. The van der Waals surface area contributed by atoms with E-state index in [4.69, 9.17) is 37.4 Å². The first kappa shape index (κ1) is 31.0. The molecule has 1 N–H and O–H groups in total. The Morgan fingerprint density at radius 2 is 1.78 bits per heavy atom. The van der Waals surface area contributed by atoms with E-state index in [0.29, 0.717) is 29.1 Å². The fourth-order valence-electron chi connectivity index (χ4n) is 4.76. The van der Waals surface area contributed by atoms with Crippen molar-refractivity contribution >= 4 is 45.9 Å². The first-order chi connectivity index (χ1) is 20.0. The van der Waals surface area contributed by atoms with Crippen LogP contribution in [0.25, 0.3) is 10.9 Å². The van der Waals surface area contributed by atoms with Gasteiger partial charge in [0.05, 0.1) is 27.9 Å². The van der Waals surface area contributed by atoms with Crippen molar-refractivity contribution in [2.45, 2.75) is 45.4 Å². The zero-order valence-corrected chi connectivity index (χ0v) is 25.3. The van der Waals surface area contributed by atoms with E-state index in [9.17, 15) is 4.79 Å². The summed E-state index contributed by atoms with van der Waals surface area (Å²) in [7, 11) is 0. The van der Waals surface area contributed by atoms with Crippen LogP contribution in [0, 0.1) is 0 Å². The summed E-state index contributed by atoms with van der Waals surface area (Å²) < 4.78 is 16.6. The summed E-state index contributed by atoms with van der Waals surface area (Å²) in [5, 5.41) is 4.94. The van der Waals surface area contributed by atoms with Gasteiger partial charge in [0.15, 0.2) is 0 Å². The highest BCUT2D eigenvalue weighted by Gasteiger charge is 2.19. The number of ether oxygens (including phenoxy) is 3. The molecule has 0 atom stereocenters. The molecule has 0 bridgehead atoms. The molecule has 1 aliphatic heterocycles. The van der Waals surface area contributed by atoms with Gasteiger partial charge in [-0.05, 0) is 56.1 Å². The quantitative estimate of drug-likeness (QED) is 0.146. The number of halogens is 2. The molecule has 1 aliphatic rings. The van der Waals surface area contributed by atoms with E-state index in [2.05, 4.69) is 27.0 Å². The number of nitrogens with zero attached hydrogens (tertiary/aromatic N) is 3. The van der Waals surface area contributed by atoms with Crippen LogP contribution >= 0.6 is 23.2 Å². The molecular weight excluding hydrogens is 563 g/mol. The Kier molecular flexibility index (Phi) is 12.5. The lowest BCUT2D eigenvalue weighted by Crippen LogP contribution is -2.46. The number of amides is 1. The first-order valence-corrected chi connectivity index (χ1v) is 15.3. The molecule has 1 fully saturated rings. The Bertz CT molecular complexity index is 1250. The zero-order valence-electron chi connectivity index (χ0n) is 23.7. The second-order valence-electron chi connectivity index (χ2n) is 10.1. The highest BCUT2D eigenvalue weighted by Crippen LogP contribution is 2.33. The van der Waals surface area contributed by atoms with E-state index in [1.165, 1.54) is 6.42 Å². The number of hydrogen-bond donors (Lipinski definition) is 1. The van der Waals surface area contributed by atoms with Crippen LogP contribution in [-0.4, -0.2) is 68.6 Å². The molecular formula is C31H40Cl2N4O4. The standard InChI is InChI=1S/C31H40Cl2N4O4/c1-2-3-4-5-15-34-31(38)41-23-40-29-14-12-24-11-13-25(22-27(24)35-29)39-21-7-6-16-36-17-19-37(20-18-36)28-10-8-9-26(32)30(28)33/h8-14,22H,2-7,15-21,23H2,1H3,(H,34,38). The Labute approximate surface area is 252 Å². The van der Waals surface area contributed by atoms with E-state index in [1.54, 1.807) is 6.07 Å². The summed E-state index contributed by atoms with van der Waals surface area (Å²) >= 11 is 12.6. The number of benzene rings is 2. The summed E-state index contributed by atoms with van der Waals surface area (Å²) in [6.07, 6.45) is 5.91. The van der Waals surface area contributed by atoms with Gasteiger partial charge in [0.2, 0.25) is 12.7 Å². The maximum atomic E-state index is 11.8. The van der Waals surface area contributed by atoms with Crippen molar-refractivity contribution in [3.8, 4) is 11.6 Å². The molecule has 4 rings (SSSR count). The number of piperazine rings is 1. The molecule has 0 saturated carbocycles. The number of unbranched alkanes of at least 4 members (excludes halogenated alkanes) is 4. The van der Waals surface area contributed by atoms with Gasteiger partial charge < -0.3 is 24.4 Å². The van der Waals surface area contributed by atoms with Crippen LogP contribution in [0.3, 0.4) is 0 Å². The molecule has 0 aliphatic carbocycles. The van der Waals surface area contributed by atoms with Crippen molar-refractivity contribution < 1.29 is 19.0 Å². The number of rotatable bonds is 15. The number of fused-ring (bicyclic) bond motifs is 1. The Hall–Kier alpha value is -2.94. The van der Waals surface area contributed by atoms with Crippen LogP contribution < -0.4 is 19.7 Å². The number of aromatic nitrogens is 1. The van der Waals surface area contributed by atoms with E-state index < -0.39 is 6.09 Å². The third-order valence-electron chi connectivity index (χ3n) is 7.12. The van der Waals surface area contributed by atoms with Gasteiger partial charge in [-0.1, -0.05) is 55.5 Å². The number of alkyl carbamates (subject to hydrolysis) is 1. The summed E-state index contributed by atoms with van der Waals surface area (Å²) in [5.41, 5.74) is 1.78. The van der Waals surface area contributed by atoms with Crippen molar-refractivity contribution in [2.24, 2.45) is 0 Å². The van der Waals surface area contributed by atoms with Gasteiger partial charge in [-0.15, -0.1) is 0 Å². The minimum Gasteiger partial charge on any atom is -0.494 e. The number of hydrogen-bond acceptors (Lipinski definition) is 7. The molecule has 1 saturated heterocycles. The molecule has 2 heterocycles. The Morgan fingerprint density at radius 1 is 0.951 bits per heavy atom. The lowest BCUT2D eigenvalue weighted by Gasteiger charge is -2.36. The molecule has 222 valence electrons. The molecule has 2 aromatic carbocycles. The number of carbonyl (C=O) groups excluding carboxylic acids is 1. The van der Waals surface area contributed by atoms with Gasteiger partial charge in [0.1, 0.15) is 5.75 Å². The van der Waals surface area contributed by atoms with Crippen molar-refractivity contribution in [1.29, 1.82) is 0 Å². The van der Waals surface area contributed by atoms with Crippen LogP contribution in [0.5, 0.6) is 11.6 Å². The Balaban J connectivity index is 1.12. The summed E-state index contributed by atoms with van der Waals surface area (Å²) in [5.74, 6) is 1.16. The van der Waals surface area contributed by atoms with E-state index in [-0.39, 0.29) is 6.79 Å². The number of carbonyl (C=O) groups is 1. The number of nitrogens with one attached hydrogen (secondary N) is 1. The van der Waals surface area contributed by atoms with Crippen molar-refractivity contribution in [2.75, 3.05) is 57.6 Å². The fraction of sp³-hybridized carbons (Fsp3) is 0.484. The number of pyridine rings is 1. The largest absolute Gasteiger partial charge is 0.494 e. The molecule has 1 amide bonds. The molecule has 3 aromatic rings. The van der Waals surface area contributed by atoms with E-state index in [1.807, 2.05) is 42.5 Å². The smallest absolute Gasteiger partial charge is 0.410 e. The fourth-order valence-corrected chi connectivity index (χ4v) is 5.18. The third kappa shape index (κ3) is 9.83. The highest BCUT2D eigenvalue weighted by atomic mass is 35.5. The lowest BCUT2D eigenvalue weighted by atomic mass is 10.2.